The summed E-state index contributed by atoms with van der Waals surface area (Å²) in [6.45, 7) is 8.55. The number of amides is 1. The van der Waals surface area contributed by atoms with E-state index in [1.807, 2.05) is 55.5 Å². The van der Waals surface area contributed by atoms with Crippen molar-refractivity contribution in [2.75, 3.05) is 37.6 Å². The largest absolute Gasteiger partial charge is 0.472 e. The summed E-state index contributed by atoms with van der Waals surface area (Å²) in [5.41, 5.74) is 6.96. The summed E-state index contributed by atoms with van der Waals surface area (Å²) in [4.78, 5) is 22.3. The molecule has 0 unspecified atom stereocenters. The van der Waals surface area contributed by atoms with Crippen LogP contribution in [0, 0.1) is 18.3 Å². The lowest BCUT2D eigenvalue weighted by Gasteiger charge is -2.52. The molecule has 0 radical (unpaired) electrons. The van der Waals surface area contributed by atoms with Crippen molar-refractivity contribution in [1.29, 1.82) is 0 Å². The second-order valence-electron chi connectivity index (χ2n) is 14.2. The Bertz CT molecular complexity index is 1640. The van der Waals surface area contributed by atoms with Gasteiger partial charge in [-0.3, -0.25) is 0 Å². The number of carbonyl (C=O) groups excluding carboxylic acids is 1. The molecule has 3 aromatic carbocycles. The Morgan fingerprint density at radius 2 is 1.52 bits per heavy atom. The number of anilines is 1. The number of carbonyl (C=O) groups is 1. The number of aromatic nitrogens is 1. The summed E-state index contributed by atoms with van der Waals surface area (Å²) < 4.78 is 11.7. The minimum absolute atomic E-state index is 0.248. The summed E-state index contributed by atoms with van der Waals surface area (Å²) in [5, 5.41) is 3.09. The van der Waals surface area contributed by atoms with Crippen molar-refractivity contribution >= 4 is 11.8 Å². The van der Waals surface area contributed by atoms with Crippen molar-refractivity contribution in [3.05, 3.63) is 114 Å². The van der Waals surface area contributed by atoms with E-state index in [1.165, 1.54) is 51.0 Å². The molecule has 4 aromatic rings. The Morgan fingerprint density at radius 1 is 0.833 bits per heavy atom. The lowest BCUT2D eigenvalue weighted by atomic mass is 9.60. The fourth-order valence-corrected chi connectivity index (χ4v) is 7.83. The van der Waals surface area contributed by atoms with Gasteiger partial charge in [-0.05, 0) is 111 Å². The smallest absolute Gasteiger partial charge is 0.407 e. The van der Waals surface area contributed by atoms with Gasteiger partial charge in [0.05, 0.1) is 0 Å². The predicted octanol–water partition coefficient (Wildman–Crippen LogP) is 8.02. The van der Waals surface area contributed by atoms with Crippen LogP contribution in [0.1, 0.15) is 55.3 Å². The third-order valence-electron chi connectivity index (χ3n) is 10.7. The van der Waals surface area contributed by atoms with E-state index in [1.54, 1.807) is 0 Å². The second-order valence-corrected chi connectivity index (χ2v) is 14.2. The quantitative estimate of drug-likeness (QED) is 0.189. The molecular formula is C41H48N4O3. The van der Waals surface area contributed by atoms with Crippen molar-refractivity contribution in [1.82, 2.24) is 15.2 Å². The number of hydrogen-bond acceptors (Lipinski definition) is 6. The van der Waals surface area contributed by atoms with E-state index in [-0.39, 0.29) is 12.1 Å². The number of likely N-dealkylation sites (tertiary alicyclic amines) is 1. The van der Waals surface area contributed by atoms with Crippen LogP contribution >= 0.6 is 0 Å². The number of aryl methyl sites for hydroxylation is 1. The van der Waals surface area contributed by atoms with Crippen molar-refractivity contribution < 1.29 is 14.3 Å². The third-order valence-corrected chi connectivity index (χ3v) is 10.7. The highest BCUT2D eigenvalue weighted by atomic mass is 16.5. The second kappa shape index (κ2) is 14.8. The summed E-state index contributed by atoms with van der Waals surface area (Å²) in [6, 6.07) is 33.4. The fraction of sp³-hybridized carbons (Fsp3) is 0.415. The number of rotatable bonds is 10. The van der Waals surface area contributed by atoms with Gasteiger partial charge >= 0.3 is 6.09 Å². The maximum absolute atomic E-state index is 12.3. The predicted molar refractivity (Wildman–Crippen MR) is 191 cm³/mol. The first-order valence-electron chi connectivity index (χ1n) is 17.7. The van der Waals surface area contributed by atoms with Gasteiger partial charge in [0.2, 0.25) is 5.88 Å². The van der Waals surface area contributed by atoms with Crippen molar-refractivity contribution in [2.24, 2.45) is 11.3 Å². The molecule has 3 fully saturated rings. The molecule has 1 saturated carbocycles. The molecule has 0 atom stereocenters. The minimum Gasteiger partial charge on any atom is -0.472 e. The topological polar surface area (TPSA) is 66.9 Å². The number of benzene rings is 3. The average Bonchev–Trinajstić information content (AvgIpc) is 3.11. The van der Waals surface area contributed by atoms with Crippen LogP contribution in [0.5, 0.6) is 5.88 Å². The number of nitrogens with zero attached hydrogens (tertiary/aromatic N) is 3. The van der Waals surface area contributed by atoms with E-state index < -0.39 is 0 Å². The molecule has 7 nitrogen and oxygen atoms in total. The van der Waals surface area contributed by atoms with Gasteiger partial charge in [0, 0.05) is 42.6 Å². The molecule has 3 aliphatic rings. The number of pyridine rings is 1. The van der Waals surface area contributed by atoms with Gasteiger partial charge in [0.15, 0.2) is 0 Å². The van der Waals surface area contributed by atoms with E-state index in [9.17, 15) is 4.79 Å². The minimum atomic E-state index is -0.293. The van der Waals surface area contributed by atoms with Crippen LogP contribution in [0.4, 0.5) is 10.5 Å². The highest BCUT2D eigenvalue weighted by Gasteiger charge is 2.46. The lowest BCUT2D eigenvalue weighted by molar-refractivity contribution is 0.000392. The third kappa shape index (κ3) is 8.01. The lowest BCUT2D eigenvalue weighted by Crippen LogP contribution is -2.55. The van der Waals surface area contributed by atoms with Crippen LogP contribution < -0.4 is 15.0 Å². The molecule has 250 valence electrons. The zero-order valence-corrected chi connectivity index (χ0v) is 28.2. The molecule has 1 N–H and O–H groups in total. The van der Waals surface area contributed by atoms with Crippen molar-refractivity contribution in [3.8, 4) is 17.0 Å². The van der Waals surface area contributed by atoms with E-state index in [0.717, 1.165) is 59.8 Å². The first-order valence-corrected chi connectivity index (χ1v) is 17.7. The number of alkyl carbamates (subject to hydrolysis) is 1. The fourth-order valence-electron chi connectivity index (χ4n) is 7.83. The van der Waals surface area contributed by atoms with E-state index in [0.29, 0.717) is 24.5 Å². The monoisotopic (exact) mass is 644 g/mol. The molecule has 7 heteroatoms. The maximum atomic E-state index is 12.3. The SMILES string of the molecule is Cc1ccc(-c2cccc(N3CCC(CN4CCC5(CC4)CC(NC(=O)OCc4ccccc4)C5)CC3)c2)c(OCc2ccccc2)n1. The van der Waals surface area contributed by atoms with Crippen LogP contribution in [0.15, 0.2) is 97.1 Å². The Balaban J connectivity index is 0.851. The van der Waals surface area contributed by atoms with Gasteiger partial charge in [-0.15, -0.1) is 0 Å². The van der Waals surface area contributed by atoms with Crippen LogP contribution in [-0.2, 0) is 18.0 Å². The number of hydrogen-bond donors (Lipinski definition) is 1. The summed E-state index contributed by atoms with van der Waals surface area (Å²) in [6.07, 6.45) is 6.79. The van der Waals surface area contributed by atoms with Crippen LogP contribution in [0.3, 0.4) is 0 Å². The first-order chi connectivity index (χ1) is 23.5. The molecule has 48 heavy (non-hydrogen) atoms. The Hall–Kier alpha value is -4.36. The van der Waals surface area contributed by atoms with Gasteiger partial charge in [0.1, 0.15) is 13.2 Å². The highest BCUT2D eigenvalue weighted by Crippen LogP contribution is 2.49. The van der Waals surface area contributed by atoms with Crippen molar-refractivity contribution in [2.45, 2.75) is 64.7 Å². The Morgan fingerprint density at radius 3 is 2.23 bits per heavy atom. The zero-order chi connectivity index (χ0) is 32.8. The summed E-state index contributed by atoms with van der Waals surface area (Å²) in [5.74, 6) is 1.43. The molecular weight excluding hydrogens is 596 g/mol. The number of piperidine rings is 2. The Labute approximate surface area is 285 Å². The molecule has 7 rings (SSSR count). The average molecular weight is 645 g/mol. The summed E-state index contributed by atoms with van der Waals surface area (Å²) in [7, 11) is 0. The molecule has 3 heterocycles. The number of nitrogens with one attached hydrogen (secondary N) is 1. The van der Waals surface area contributed by atoms with Gasteiger partial charge in [0.25, 0.3) is 0 Å². The van der Waals surface area contributed by atoms with E-state index >= 15 is 0 Å². The van der Waals surface area contributed by atoms with E-state index in [2.05, 4.69) is 63.6 Å². The Kier molecular flexibility index (Phi) is 9.94. The zero-order valence-electron chi connectivity index (χ0n) is 28.2. The highest BCUT2D eigenvalue weighted by molar-refractivity contribution is 5.72. The van der Waals surface area contributed by atoms with Crippen molar-refractivity contribution in [3.63, 3.8) is 0 Å². The number of ether oxygens (including phenoxy) is 2. The van der Waals surface area contributed by atoms with Gasteiger partial charge in [-0.1, -0.05) is 72.8 Å². The van der Waals surface area contributed by atoms with Crippen LogP contribution in [0.25, 0.3) is 11.1 Å². The normalized spacial score (nSPS) is 18.3. The van der Waals surface area contributed by atoms with Crippen LogP contribution in [-0.4, -0.2) is 54.7 Å². The molecule has 1 spiro atoms. The van der Waals surface area contributed by atoms with Gasteiger partial charge in [-0.25, -0.2) is 9.78 Å². The molecule has 0 bridgehead atoms. The molecule has 1 amide bonds. The molecule has 1 aromatic heterocycles. The maximum Gasteiger partial charge on any atom is 0.407 e. The standard InChI is InChI=1S/C41H48N4O3/c1-31-15-16-38(39(42-31)47-29-33-9-4-2-5-10-33)35-13-8-14-37(25-35)45-21-17-32(18-22-45)28-44-23-19-41(20-24-44)26-36(27-41)43-40(46)48-30-34-11-6-3-7-12-34/h2-16,25,32,36H,17-24,26-30H2,1H3,(H,43,46). The first kappa shape index (κ1) is 32.2. The molecule has 1 aliphatic carbocycles. The molecule has 2 saturated heterocycles. The van der Waals surface area contributed by atoms with E-state index in [4.69, 9.17) is 14.5 Å². The summed E-state index contributed by atoms with van der Waals surface area (Å²) >= 11 is 0. The van der Waals surface area contributed by atoms with Gasteiger partial charge in [-0.2, -0.15) is 0 Å². The van der Waals surface area contributed by atoms with Crippen LogP contribution in [0.2, 0.25) is 0 Å². The molecule has 2 aliphatic heterocycles. The van der Waals surface area contributed by atoms with Gasteiger partial charge < -0.3 is 24.6 Å².